The lowest BCUT2D eigenvalue weighted by Crippen LogP contribution is -2.46. The van der Waals surface area contributed by atoms with Crippen LogP contribution in [0.5, 0.6) is 0 Å². The van der Waals surface area contributed by atoms with Crippen LogP contribution in [0.1, 0.15) is 25.3 Å². The molecule has 1 aliphatic carbocycles. The second kappa shape index (κ2) is 10.2. The third-order valence-corrected chi connectivity index (χ3v) is 6.22. The number of alkyl halides is 2. The number of hydrogen-bond donors (Lipinski definition) is 3. The monoisotopic (exact) mass is 482 g/mol. The van der Waals surface area contributed by atoms with Gasteiger partial charge in [0.15, 0.2) is 0 Å². The van der Waals surface area contributed by atoms with Crippen LogP contribution < -0.4 is 20.9 Å². The van der Waals surface area contributed by atoms with E-state index in [1.54, 1.807) is 0 Å². The van der Waals surface area contributed by atoms with Crippen molar-refractivity contribution >= 4 is 34.7 Å². The predicted octanol–water partition coefficient (Wildman–Crippen LogP) is 3.57. The van der Waals surface area contributed by atoms with Crippen molar-refractivity contribution in [3.63, 3.8) is 0 Å². The van der Waals surface area contributed by atoms with E-state index in [1.807, 2.05) is 24.3 Å². The van der Waals surface area contributed by atoms with E-state index in [0.717, 1.165) is 38.4 Å². The molecule has 0 bridgehead atoms. The minimum absolute atomic E-state index is 0.160. The number of likely N-dealkylation sites (N-methyl/N-ethyl adjacent to an activating group) is 1. The number of piperazine rings is 1. The molecular formula is C24H28F2N8O. The average Bonchev–Trinajstić information content (AvgIpc) is 2.84. The van der Waals surface area contributed by atoms with E-state index in [-0.39, 0.29) is 36.1 Å². The fourth-order valence-electron chi connectivity index (χ4n) is 4.16. The lowest BCUT2D eigenvalue weighted by atomic mass is 9.88. The Morgan fingerprint density at radius 2 is 2.03 bits per heavy atom. The quantitative estimate of drug-likeness (QED) is 0.490. The molecule has 0 unspecified atom stereocenters. The van der Waals surface area contributed by atoms with Crippen molar-refractivity contribution in [3.8, 4) is 6.07 Å². The number of nitrogens with one attached hydrogen (secondary N) is 3. The lowest BCUT2D eigenvalue weighted by Gasteiger charge is -2.36. The molecule has 2 fully saturated rings. The molecule has 11 heteroatoms. The molecule has 0 radical (unpaired) electrons. The van der Waals surface area contributed by atoms with E-state index in [0.29, 0.717) is 11.4 Å². The van der Waals surface area contributed by atoms with Gasteiger partial charge in [-0.2, -0.15) is 10.2 Å². The number of carbonyl (C=O) groups is 1. The highest BCUT2D eigenvalue weighted by Crippen LogP contribution is 2.39. The van der Waals surface area contributed by atoms with Crippen LogP contribution in [0.4, 0.5) is 37.6 Å². The highest BCUT2D eigenvalue weighted by atomic mass is 19.3. The third-order valence-electron chi connectivity index (χ3n) is 6.22. The van der Waals surface area contributed by atoms with Crippen LogP contribution in [0.25, 0.3) is 0 Å². The Labute approximate surface area is 202 Å². The zero-order chi connectivity index (χ0) is 25.0. The number of nitriles is 1. The Hall–Kier alpha value is -3.78. The van der Waals surface area contributed by atoms with Crippen molar-refractivity contribution in [2.45, 2.75) is 31.7 Å². The normalized spacial score (nSPS) is 17.7. The number of aromatic nitrogens is 2. The fourth-order valence-corrected chi connectivity index (χ4v) is 4.16. The molecule has 4 rings (SSSR count). The molecule has 2 heterocycles. The maximum absolute atomic E-state index is 13.2. The van der Waals surface area contributed by atoms with Crippen molar-refractivity contribution < 1.29 is 13.6 Å². The number of amides is 1. The van der Waals surface area contributed by atoms with Gasteiger partial charge >= 0.3 is 0 Å². The summed E-state index contributed by atoms with van der Waals surface area (Å²) < 4.78 is 26.5. The Morgan fingerprint density at radius 1 is 1.29 bits per heavy atom. The van der Waals surface area contributed by atoms with E-state index >= 15 is 0 Å². The third kappa shape index (κ3) is 5.84. The number of halogens is 2. The first-order chi connectivity index (χ1) is 16.8. The molecule has 1 saturated carbocycles. The van der Waals surface area contributed by atoms with Gasteiger partial charge in [-0.25, -0.2) is 13.8 Å². The Morgan fingerprint density at radius 3 is 2.66 bits per heavy atom. The van der Waals surface area contributed by atoms with Crippen molar-refractivity contribution in [1.82, 2.24) is 14.9 Å². The molecule has 2 aromatic rings. The van der Waals surface area contributed by atoms with Gasteiger partial charge in [0.05, 0.1) is 17.6 Å². The molecule has 35 heavy (non-hydrogen) atoms. The van der Waals surface area contributed by atoms with Crippen LogP contribution >= 0.6 is 0 Å². The van der Waals surface area contributed by atoms with Gasteiger partial charge < -0.3 is 25.8 Å². The molecule has 184 valence electrons. The molecule has 1 amide bonds. The van der Waals surface area contributed by atoms with Crippen LogP contribution in [0.2, 0.25) is 0 Å². The molecule has 9 nitrogen and oxygen atoms in total. The van der Waals surface area contributed by atoms with Crippen LogP contribution in [0, 0.1) is 11.3 Å². The van der Waals surface area contributed by atoms with Gasteiger partial charge in [0.25, 0.3) is 5.92 Å². The smallest absolute Gasteiger partial charge is 0.252 e. The van der Waals surface area contributed by atoms with E-state index in [4.69, 9.17) is 0 Å². The number of hydrogen-bond acceptors (Lipinski definition) is 8. The summed E-state index contributed by atoms with van der Waals surface area (Å²) in [7, 11) is 0. The zero-order valence-corrected chi connectivity index (χ0v) is 19.5. The molecule has 1 aliphatic heterocycles. The summed E-state index contributed by atoms with van der Waals surface area (Å²) in [5, 5.41) is 18.2. The maximum Gasteiger partial charge on any atom is 0.252 e. The summed E-state index contributed by atoms with van der Waals surface area (Å²) in [6.45, 7) is 10.4. The Balaban J connectivity index is 1.55. The first-order valence-electron chi connectivity index (χ1n) is 11.5. The molecule has 0 atom stereocenters. The van der Waals surface area contributed by atoms with Gasteiger partial charge in [0.1, 0.15) is 17.5 Å². The largest absolute Gasteiger partial charge is 0.369 e. The van der Waals surface area contributed by atoms with Crippen LogP contribution in [0.15, 0.2) is 37.1 Å². The van der Waals surface area contributed by atoms with Crippen molar-refractivity contribution in [1.29, 1.82) is 5.26 Å². The predicted molar refractivity (Wildman–Crippen MR) is 131 cm³/mol. The standard InChI is InChI=1S/C24H28F2N8O/c1-3-21(35)30-20-11-18(34-9-7-33(4-2)8-10-34)5-6-19(20)31-23-28-15-16(14-27)22(32-23)29-17-12-24(25,26)13-17/h3,5-6,11,15,17H,1,4,7-10,12-13H2,2H3,(H,30,35)(H2,28,29,31,32). The van der Waals surface area contributed by atoms with Crippen molar-refractivity contribution in [3.05, 3.63) is 42.6 Å². The van der Waals surface area contributed by atoms with Crippen LogP contribution in [-0.4, -0.2) is 65.5 Å². The van der Waals surface area contributed by atoms with E-state index in [1.165, 1.54) is 12.3 Å². The summed E-state index contributed by atoms with van der Waals surface area (Å²) in [5.41, 5.74) is 2.20. The highest BCUT2D eigenvalue weighted by Gasteiger charge is 2.45. The van der Waals surface area contributed by atoms with Crippen molar-refractivity contribution in [2.75, 3.05) is 53.6 Å². The summed E-state index contributed by atoms with van der Waals surface area (Å²) in [5.74, 6) is -2.71. The van der Waals surface area contributed by atoms with E-state index in [2.05, 4.69) is 49.2 Å². The molecule has 1 aromatic carbocycles. The molecule has 1 saturated heterocycles. The average molecular weight is 483 g/mol. The zero-order valence-electron chi connectivity index (χ0n) is 19.5. The van der Waals surface area contributed by atoms with Crippen LogP contribution in [0.3, 0.4) is 0 Å². The number of anilines is 5. The molecular weight excluding hydrogens is 454 g/mol. The number of benzene rings is 1. The first kappa shape index (κ1) is 24.3. The number of nitrogens with zero attached hydrogens (tertiary/aromatic N) is 5. The van der Waals surface area contributed by atoms with E-state index in [9.17, 15) is 18.8 Å². The summed E-state index contributed by atoms with van der Waals surface area (Å²) in [6.07, 6.45) is 1.90. The number of rotatable bonds is 8. The van der Waals surface area contributed by atoms with Crippen LogP contribution in [-0.2, 0) is 4.79 Å². The van der Waals surface area contributed by atoms with Crippen molar-refractivity contribution in [2.24, 2.45) is 0 Å². The molecule has 2 aliphatic rings. The summed E-state index contributed by atoms with van der Waals surface area (Å²) >= 11 is 0. The Bertz CT molecular complexity index is 1130. The van der Waals surface area contributed by atoms with Gasteiger partial charge in [-0.1, -0.05) is 13.5 Å². The molecule has 3 N–H and O–H groups in total. The maximum atomic E-state index is 13.2. The van der Waals surface area contributed by atoms with Gasteiger partial charge in [-0.15, -0.1) is 0 Å². The topological polar surface area (TPSA) is 109 Å². The molecule has 1 aromatic heterocycles. The Kier molecular flexibility index (Phi) is 7.12. The van der Waals surface area contributed by atoms with Gasteiger partial charge in [0, 0.05) is 50.7 Å². The minimum Gasteiger partial charge on any atom is -0.369 e. The van der Waals surface area contributed by atoms with Gasteiger partial charge in [0.2, 0.25) is 11.9 Å². The molecule has 0 spiro atoms. The van der Waals surface area contributed by atoms with Gasteiger partial charge in [-0.3, -0.25) is 4.79 Å². The lowest BCUT2D eigenvalue weighted by molar-refractivity contribution is -0.111. The summed E-state index contributed by atoms with van der Waals surface area (Å²) in [6, 6.07) is 7.17. The SMILES string of the molecule is C=CC(=O)Nc1cc(N2CCN(CC)CC2)ccc1Nc1ncc(C#N)c(NC2CC(F)(F)C2)n1. The second-order valence-corrected chi connectivity index (χ2v) is 8.64. The van der Waals surface area contributed by atoms with Gasteiger partial charge in [-0.05, 0) is 30.8 Å². The fraction of sp³-hybridized carbons (Fsp3) is 0.417. The summed E-state index contributed by atoms with van der Waals surface area (Å²) in [4.78, 5) is 25.2. The van der Waals surface area contributed by atoms with E-state index < -0.39 is 12.0 Å². The first-order valence-corrected chi connectivity index (χ1v) is 11.5. The number of carbonyl (C=O) groups excluding carboxylic acids is 1. The second-order valence-electron chi connectivity index (χ2n) is 8.64. The highest BCUT2D eigenvalue weighted by molar-refractivity contribution is 6.01. The minimum atomic E-state index is -2.69.